The van der Waals surface area contributed by atoms with E-state index in [0.29, 0.717) is 0 Å². The van der Waals surface area contributed by atoms with Crippen LogP contribution in [0.5, 0.6) is 0 Å². The quantitative estimate of drug-likeness (QED) is 0.429. The minimum absolute atomic E-state index is 0.917. The maximum atomic E-state index is 4.15. The van der Waals surface area contributed by atoms with Crippen LogP contribution in [0.25, 0.3) is 16.2 Å². The second kappa shape index (κ2) is 7.26. The van der Waals surface area contributed by atoms with Crippen molar-refractivity contribution in [3.05, 3.63) is 114 Å². The molecular formula is C25H21NS. The Bertz CT molecular complexity index is 1110. The normalized spacial score (nSPS) is 18.0. The van der Waals surface area contributed by atoms with E-state index < -0.39 is 0 Å². The average Bonchev–Trinajstić information content (AvgIpc) is 3.04. The lowest BCUT2D eigenvalue weighted by molar-refractivity contribution is 1.30. The van der Waals surface area contributed by atoms with Crippen molar-refractivity contribution in [3.63, 3.8) is 0 Å². The maximum Gasteiger partial charge on any atom is 0.108 e. The van der Waals surface area contributed by atoms with Gasteiger partial charge >= 0.3 is 0 Å². The summed E-state index contributed by atoms with van der Waals surface area (Å²) in [5, 5.41) is 2.45. The predicted octanol–water partition coefficient (Wildman–Crippen LogP) is 7.56. The summed E-state index contributed by atoms with van der Waals surface area (Å²) in [5.41, 5.74) is 5.44. The van der Waals surface area contributed by atoms with Crippen molar-refractivity contribution >= 4 is 38.2 Å². The summed E-state index contributed by atoms with van der Waals surface area (Å²) in [5.74, 6) is 0. The number of anilines is 2. The molecule has 0 radical (unpaired) electrons. The number of fused-ring (bicyclic) bond motifs is 3. The molecule has 2 heterocycles. The Morgan fingerprint density at radius 3 is 2.37 bits per heavy atom. The molecule has 0 fully saturated rings. The van der Waals surface area contributed by atoms with Gasteiger partial charge in [-0.1, -0.05) is 73.4 Å². The van der Waals surface area contributed by atoms with Gasteiger partial charge in [0.25, 0.3) is 0 Å². The molecule has 0 N–H and O–H groups in total. The molecule has 0 spiro atoms. The minimum Gasteiger partial charge on any atom is -0.308 e. The largest absolute Gasteiger partial charge is 0.308 e. The van der Waals surface area contributed by atoms with Crippen molar-refractivity contribution in [2.45, 2.75) is 6.92 Å². The van der Waals surface area contributed by atoms with Gasteiger partial charge in [0.15, 0.2) is 0 Å². The second-order valence-electron chi connectivity index (χ2n) is 6.61. The van der Waals surface area contributed by atoms with Crippen LogP contribution in [0, 0.1) is 6.92 Å². The van der Waals surface area contributed by atoms with E-state index in [1.54, 1.807) is 11.3 Å². The summed E-state index contributed by atoms with van der Waals surface area (Å²) in [4.78, 5) is 2.25. The zero-order chi connectivity index (χ0) is 18.8. The van der Waals surface area contributed by atoms with Crippen LogP contribution in [0.15, 0.2) is 103 Å². The molecule has 3 aromatic rings. The molecule has 0 bridgehead atoms. The fourth-order valence-electron chi connectivity index (χ4n) is 3.07. The molecule has 1 aliphatic heterocycles. The van der Waals surface area contributed by atoms with E-state index in [1.165, 1.54) is 26.2 Å². The molecule has 0 amide bonds. The topological polar surface area (TPSA) is 3.24 Å². The highest BCUT2D eigenvalue weighted by atomic mass is 32.1. The molecule has 1 aromatic heterocycles. The standard InChI is InChI=1S/C25H21NS/c1-18-11-14-21(15-12-18)26-17-7-6-8-19(2)20(3)13-16-23-22-9-4-5-10-24(22)27-25(23)26/h4-17H,2-3H2,1H3/b8-6-,16-13-,17-7-. The molecule has 2 heteroatoms. The molecular weight excluding hydrogens is 346 g/mol. The number of aryl methyl sites for hydroxylation is 1. The fraction of sp³-hybridized carbons (Fsp3) is 0.0400. The summed E-state index contributed by atoms with van der Waals surface area (Å²) in [6, 6.07) is 17.2. The van der Waals surface area contributed by atoms with Gasteiger partial charge in [0.1, 0.15) is 5.00 Å². The Balaban J connectivity index is 1.97. The molecule has 132 valence electrons. The van der Waals surface area contributed by atoms with Gasteiger partial charge in [-0.25, -0.2) is 0 Å². The second-order valence-corrected chi connectivity index (χ2v) is 7.64. The van der Waals surface area contributed by atoms with Crippen molar-refractivity contribution in [2.75, 3.05) is 4.90 Å². The lowest BCUT2D eigenvalue weighted by atomic mass is 10.1. The maximum absolute atomic E-state index is 4.15. The molecule has 1 nitrogen and oxygen atoms in total. The van der Waals surface area contributed by atoms with Crippen molar-refractivity contribution in [1.82, 2.24) is 0 Å². The first-order chi connectivity index (χ1) is 13.1. The van der Waals surface area contributed by atoms with Crippen molar-refractivity contribution in [3.8, 4) is 0 Å². The third-order valence-electron chi connectivity index (χ3n) is 4.65. The van der Waals surface area contributed by atoms with Crippen molar-refractivity contribution < 1.29 is 0 Å². The number of rotatable bonds is 1. The number of hydrogen-bond donors (Lipinski definition) is 0. The summed E-state index contributed by atoms with van der Waals surface area (Å²) >= 11 is 1.80. The molecule has 4 rings (SSSR count). The molecule has 0 atom stereocenters. The van der Waals surface area contributed by atoms with Crippen molar-refractivity contribution in [2.24, 2.45) is 0 Å². The Hall–Kier alpha value is -3.10. The van der Waals surface area contributed by atoms with Gasteiger partial charge in [-0.15, -0.1) is 11.3 Å². The number of allylic oxidation sites excluding steroid dienone is 6. The first kappa shape index (κ1) is 17.3. The van der Waals surface area contributed by atoms with E-state index in [9.17, 15) is 0 Å². The van der Waals surface area contributed by atoms with Crippen LogP contribution in [0.1, 0.15) is 11.1 Å². The smallest absolute Gasteiger partial charge is 0.108 e. The molecule has 27 heavy (non-hydrogen) atoms. The first-order valence-corrected chi connectivity index (χ1v) is 9.74. The van der Waals surface area contributed by atoms with Crippen LogP contribution < -0.4 is 4.90 Å². The third kappa shape index (κ3) is 3.44. The van der Waals surface area contributed by atoms with Gasteiger partial charge in [0.05, 0.1) is 0 Å². The van der Waals surface area contributed by atoms with Gasteiger partial charge in [0.2, 0.25) is 0 Å². The molecule has 2 aromatic carbocycles. The molecule has 0 saturated heterocycles. The van der Waals surface area contributed by atoms with Crippen LogP contribution in [-0.4, -0.2) is 0 Å². The third-order valence-corrected chi connectivity index (χ3v) is 5.84. The SMILES string of the molecule is C=C1/C=C\C=C/N(c2ccc(C)cc2)c2sc3ccccc3c2/C=C\C1=C. The highest BCUT2D eigenvalue weighted by Gasteiger charge is 2.16. The monoisotopic (exact) mass is 367 g/mol. The Labute approximate surface area is 164 Å². The number of benzene rings is 2. The Morgan fingerprint density at radius 2 is 1.56 bits per heavy atom. The molecule has 0 saturated carbocycles. The van der Waals surface area contributed by atoms with Gasteiger partial charge in [-0.3, -0.25) is 0 Å². The average molecular weight is 368 g/mol. The summed E-state index contributed by atoms with van der Waals surface area (Å²) in [6.45, 7) is 10.4. The predicted molar refractivity (Wildman–Crippen MR) is 121 cm³/mol. The summed E-state index contributed by atoms with van der Waals surface area (Å²) in [6.07, 6.45) is 12.4. The highest BCUT2D eigenvalue weighted by Crippen LogP contribution is 2.42. The van der Waals surface area contributed by atoms with E-state index in [2.05, 4.69) is 97.9 Å². The molecule has 0 unspecified atom stereocenters. The van der Waals surface area contributed by atoms with Crippen LogP contribution in [-0.2, 0) is 0 Å². The van der Waals surface area contributed by atoms with Crippen LogP contribution >= 0.6 is 11.3 Å². The van der Waals surface area contributed by atoms with E-state index in [0.717, 1.165) is 16.8 Å². The lowest BCUT2D eigenvalue weighted by Gasteiger charge is -2.20. The van der Waals surface area contributed by atoms with Crippen molar-refractivity contribution in [1.29, 1.82) is 0 Å². The molecule has 0 aliphatic carbocycles. The Kier molecular flexibility index (Phi) is 4.66. The number of nitrogens with zero attached hydrogens (tertiary/aromatic N) is 1. The van der Waals surface area contributed by atoms with E-state index in [4.69, 9.17) is 0 Å². The summed E-state index contributed by atoms with van der Waals surface area (Å²) in [7, 11) is 0. The van der Waals surface area contributed by atoms with Crippen LogP contribution in [0.3, 0.4) is 0 Å². The van der Waals surface area contributed by atoms with Gasteiger partial charge in [-0.05, 0) is 42.3 Å². The fourth-order valence-corrected chi connectivity index (χ4v) is 4.27. The van der Waals surface area contributed by atoms with E-state index in [-0.39, 0.29) is 0 Å². The number of hydrogen-bond acceptors (Lipinski definition) is 2. The van der Waals surface area contributed by atoms with Gasteiger partial charge in [0, 0.05) is 27.5 Å². The minimum atomic E-state index is 0.917. The van der Waals surface area contributed by atoms with E-state index >= 15 is 0 Å². The number of thiophene rings is 1. The van der Waals surface area contributed by atoms with Crippen LogP contribution in [0.4, 0.5) is 10.7 Å². The highest BCUT2D eigenvalue weighted by molar-refractivity contribution is 7.23. The van der Waals surface area contributed by atoms with Gasteiger partial charge < -0.3 is 4.90 Å². The molecule has 1 aliphatic rings. The Morgan fingerprint density at radius 1 is 0.815 bits per heavy atom. The van der Waals surface area contributed by atoms with Gasteiger partial charge in [-0.2, -0.15) is 0 Å². The first-order valence-electron chi connectivity index (χ1n) is 8.92. The summed E-state index contributed by atoms with van der Waals surface area (Å²) < 4.78 is 1.27. The zero-order valence-electron chi connectivity index (χ0n) is 15.4. The zero-order valence-corrected chi connectivity index (χ0v) is 16.2. The lowest BCUT2D eigenvalue weighted by Crippen LogP contribution is -2.07. The van der Waals surface area contributed by atoms with E-state index in [1.807, 2.05) is 12.2 Å². The van der Waals surface area contributed by atoms with Crippen LogP contribution in [0.2, 0.25) is 0 Å².